The Kier molecular flexibility index (Phi) is 5.65. The summed E-state index contributed by atoms with van der Waals surface area (Å²) in [5.41, 5.74) is -1.63. The van der Waals surface area contributed by atoms with Crippen LogP contribution in [0.1, 0.15) is 39.2 Å². The Morgan fingerprint density at radius 3 is 2.68 bits per heavy atom. The van der Waals surface area contributed by atoms with E-state index in [-0.39, 0.29) is 17.6 Å². The van der Waals surface area contributed by atoms with E-state index in [0.29, 0.717) is 25.6 Å². The molecule has 1 fully saturated rings. The summed E-state index contributed by atoms with van der Waals surface area (Å²) in [7, 11) is 0. The third kappa shape index (κ3) is 5.62. The number of aromatic nitrogens is 2. The molecular weight excluding hydrogens is 361 g/mol. The minimum Gasteiger partial charge on any atom is -0.444 e. The lowest BCUT2D eigenvalue weighted by molar-refractivity contribution is -0.137. The summed E-state index contributed by atoms with van der Waals surface area (Å²) in [6.07, 6.45) is -3.22. The zero-order valence-corrected chi connectivity index (χ0v) is 14.9. The first kappa shape index (κ1) is 19.6. The van der Waals surface area contributed by atoms with Crippen LogP contribution in [0.3, 0.4) is 0 Å². The van der Waals surface area contributed by atoms with Gasteiger partial charge in [-0.25, -0.2) is 14.8 Å². The van der Waals surface area contributed by atoms with Crippen LogP contribution in [-0.4, -0.2) is 45.7 Å². The van der Waals surface area contributed by atoms with E-state index < -0.39 is 29.5 Å². The van der Waals surface area contributed by atoms with Gasteiger partial charge in [0.05, 0.1) is 0 Å². The maximum Gasteiger partial charge on any atom is 0.421 e. The molecule has 0 unspecified atom stereocenters. The normalized spacial score (nSPS) is 18.8. The summed E-state index contributed by atoms with van der Waals surface area (Å²) in [6.45, 7) is 5.97. The molecule has 6 nitrogen and oxygen atoms in total. The molecule has 0 radical (unpaired) electrons. The van der Waals surface area contributed by atoms with Crippen LogP contribution >= 0.6 is 11.6 Å². The van der Waals surface area contributed by atoms with Crippen molar-refractivity contribution in [3.05, 3.63) is 17.0 Å². The van der Waals surface area contributed by atoms with Crippen molar-refractivity contribution < 1.29 is 22.7 Å². The van der Waals surface area contributed by atoms with Crippen LogP contribution in [0.2, 0.25) is 5.28 Å². The highest BCUT2D eigenvalue weighted by Gasteiger charge is 2.36. The number of halogens is 4. The molecule has 1 atom stereocenters. The molecule has 0 saturated carbocycles. The van der Waals surface area contributed by atoms with E-state index in [1.165, 1.54) is 4.90 Å². The number of nitrogens with one attached hydrogen (secondary N) is 1. The molecule has 25 heavy (non-hydrogen) atoms. The highest BCUT2D eigenvalue weighted by molar-refractivity contribution is 6.28. The molecule has 1 aliphatic heterocycles. The van der Waals surface area contributed by atoms with Crippen molar-refractivity contribution in [1.82, 2.24) is 14.9 Å². The van der Waals surface area contributed by atoms with E-state index >= 15 is 0 Å². The molecule has 0 aliphatic carbocycles. The SMILES string of the molecule is CC(C)(C)OC(=O)N1CCC[C@@H](Nc2nc(Cl)ncc2C(F)(F)F)C1. The van der Waals surface area contributed by atoms with Gasteiger partial charge in [0.15, 0.2) is 0 Å². The molecule has 0 spiro atoms. The molecule has 2 rings (SSSR count). The number of hydrogen-bond acceptors (Lipinski definition) is 5. The van der Waals surface area contributed by atoms with E-state index in [1.807, 2.05) is 0 Å². The number of carbonyl (C=O) groups excluding carboxylic acids is 1. The summed E-state index contributed by atoms with van der Waals surface area (Å²) in [4.78, 5) is 20.7. The molecule has 1 N–H and O–H groups in total. The average Bonchev–Trinajstić information content (AvgIpc) is 2.44. The molecule has 1 saturated heterocycles. The van der Waals surface area contributed by atoms with Crippen LogP contribution in [0.25, 0.3) is 0 Å². The Balaban J connectivity index is 2.11. The zero-order chi connectivity index (χ0) is 18.8. The number of carbonyl (C=O) groups is 1. The fourth-order valence-electron chi connectivity index (χ4n) is 2.46. The highest BCUT2D eigenvalue weighted by atomic mass is 35.5. The molecule has 0 aromatic carbocycles. The summed E-state index contributed by atoms with van der Waals surface area (Å²) in [6, 6.07) is -0.395. The first-order valence-corrected chi connectivity index (χ1v) is 8.18. The lowest BCUT2D eigenvalue weighted by Gasteiger charge is -2.34. The number of piperidine rings is 1. The third-order valence-electron chi connectivity index (χ3n) is 3.48. The van der Waals surface area contributed by atoms with Gasteiger partial charge in [-0.1, -0.05) is 0 Å². The Hall–Kier alpha value is -1.77. The van der Waals surface area contributed by atoms with Gasteiger partial charge in [-0.05, 0) is 45.2 Å². The number of hydrogen-bond donors (Lipinski definition) is 1. The Morgan fingerprint density at radius 2 is 2.08 bits per heavy atom. The molecule has 1 aromatic heterocycles. The number of amides is 1. The quantitative estimate of drug-likeness (QED) is 0.786. The van der Waals surface area contributed by atoms with Gasteiger partial charge >= 0.3 is 12.3 Å². The van der Waals surface area contributed by atoms with Gasteiger partial charge in [-0.2, -0.15) is 13.2 Å². The van der Waals surface area contributed by atoms with Gasteiger partial charge < -0.3 is 15.0 Å². The van der Waals surface area contributed by atoms with Crippen LogP contribution < -0.4 is 5.32 Å². The van der Waals surface area contributed by atoms with Crippen molar-refractivity contribution in [2.45, 2.75) is 51.4 Å². The Labute approximate surface area is 148 Å². The number of ether oxygens (including phenoxy) is 1. The standard InChI is InChI=1S/C15H20ClF3N4O2/c1-14(2,3)25-13(24)23-6-4-5-9(8-23)21-11-10(15(17,18)19)7-20-12(16)22-11/h7,9H,4-6,8H2,1-3H3,(H,20,21,22)/t9-/m1/s1. The molecule has 1 aliphatic rings. The maximum atomic E-state index is 13.1. The summed E-state index contributed by atoms with van der Waals surface area (Å²) in [5.74, 6) is -0.386. The molecule has 1 aromatic rings. The van der Waals surface area contributed by atoms with Crippen molar-refractivity contribution in [3.63, 3.8) is 0 Å². The van der Waals surface area contributed by atoms with E-state index in [9.17, 15) is 18.0 Å². The van der Waals surface area contributed by atoms with Crippen molar-refractivity contribution in [2.24, 2.45) is 0 Å². The van der Waals surface area contributed by atoms with Crippen molar-refractivity contribution in [3.8, 4) is 0 Å². The van der Waals surface area contributed by atoms with E-state index in [4.69, 9.17) is 16.3 Å². The number of rotatable bonds is 2. The second kappa shape index (κ2) is 7.23. The minimum atomic E-state index is -4.60. The van der Waals surface area contributed by atoms with Gasteiger partial charge in [0, 0.05) is 25.3 Å². The summed E-state index contributed by atoms with van der Waals surface area (Å²) < 4.78 is 44.5. The number of alkyl halides is 3. The fraction of sp³-hybridized carbons (Fsp3) is 0.667. The summed E-state index contributed by atoms with van der Waals surface area (Å²) >= 11 is 5.62. The first-order chi connectivity index (χ1) is 11.5. The second-order valence-corrected chi connectivity index (χ2v) is 7.15. The summed E-state index contributed by atoms with van der Waals surface area (Å²) in [5, 5.41) is 2.46. The van der Waals surface area contributed by atoms with E-state index in [2.05, 4.69) is 15.3 Å². The molecule has 0 bridgehead atoms. The monoisotopic (exact) mass is 380 g/mol. The molecule has 1 amide bonds. The Morgan fingerprint density at radius 1 is 1.40 bits per heavy atom. The largest absolute Gasteiger partial charge is 0.444 e. The fourth-order valence-corrected chi connectivity index (χ4v) is 2.59. The van der Waals surface area contributed by atoms with E-state index in [0.717, 1.165) is 0 Å². The van der Waals surface area contributed by atoms with Gasteiger partial charge in [-0.3, -0.25) is 0 Å². The number of nitrogens with zero attached hydrogens (tertiary/aromatic N) is 3. The van der Waals surface area contributed by atoms with Crippen LogP contribution in [0.4, 0.5) is 23.8 Å². The third-order valence-corrected chi connectivity index (χ3v) is 3.66. The predicted octanol–water partition coefficient (Wildman–Crippen LogP) is 3.96. The average molecular weight is 381 g/mol. The van der Waals surface area contributed by atoms with Gasteiger partial charge in [0.25, 0.3) is 0 Å². The smallest absolute Gasteiger partial charge is 0.421 e. The van der Waals surface area contributed by atoms with Gasteiger partial charge in [0.2, 0.25) is 5.28 Å². The van der Waals surface area contributed by atoms with Crippen molar-refractivity contribution >= 4 is 23.5 Å². The lowest BCUT2D eigenvalue weighted by Crippen LogP contribution is -2.47. The minimum absolute atomic E-state index is 0.216. The number of anilines is 1. The highest BCUT2D eigenvalue weighted by Crippen LogP contribution is 2.34. The number of likely N-dealkylation sites (tertiary alicyclic amines) is 1. The molecule has 140 valence electrons. The van der Waals surface area contributed by atoms with Crippen LogP contribution in [0.5, 0.6) is 0 Å². The first-order valence-electron chi connectivity index (χ1n) is 7.80. The predicted molar refractivity (Wildman–Crippen MR) is 86.5 cm³/mol. The maximum absolute atomic E-state index is 13.1. The second-order valence-electron chi connectivity index (χ2n) is 6.81. The molecule has 10 heteroatoms. The lowest BCUT2D eigenvalue weighted by atomic mass is 10.1. The van der Waals surface area contributed by atoms with E-state index in [1.54, 1.807) is 20.8 Å². The van der Waals surface area contributed by atoms with Crippen molar-refractivity contribution in [1.29, 1.82) is 0 Å². The van der Waals surface area contributed by atoms with Crippen molar-refractivity contribution in [2.75, 3.05) is 18.4 Å². The van der Waals surface area contributed by atoms with Gasteiger partial charge in [-0.15, -0.1) is 0 Å². The van der Waals surface area contributed by atoms with Crippen LogP contribution in [0.15, 0.2) is 6.20 Å². The topological polar surface area (TPSA) is 67.3 Å². The van der Waals surface area contributed by atoms with Crippen LogP contribution in [-0.2, 0) is 10.9 Å². The Bertz CT molecular complexity index is 634. The molecule has 2 heterocycles. The zero-order valence-electron chi connectivity index (χ0n) is 14.2. The van der Waals surface area contributed by atoms with Crippen LogP contribution in [0, 0.1) is 0 Å². The van der Waals surface area contributed by atoms with Gasteiger partial charge in [0.1, 0.15) is 17.0 Å². The molecular formula is C15H20ClF3N4O2.